The number of phenols is 1. The Hall–Kier alpha value is -2.07. The topological polar surface area (TPSA) is 55.8 Å². The van der Waals surface area contributed by atoms with Gasteiger partial charge in [-0.15, -0.1) is 0 Å². The van der Waals surface area contributed by atoms with Gasteiger partial charge in [0.25, 0.3) is 0 Å². The largest absolute Gasteiger partial charge is 0.508 e. The smallest absolute Gasteiger partial charge is 0.143 e. The predicted molar refractivity (Wildman–Crippen MR) is 127 cm³/mol. The van der Waals surface area contributed by atoms with Gasteiger partial charge in [0.1, 0.15) is 22.9 Å². The van der Waals surface area contributed by atoms with E-state index in [1.54, 1.807) is 19.2 Å². The van der Waals surface area contributed by atoms with Crippen LogP contribution in [0.5, 0.6) is 11.5 Å². The Morgan fingerprint density at radius 3 is 2.56 bits per heavy atom. The van der Waals surface area contributed by atoms with Gasteiger partial charge in [0.05, 0.1) is 18.6 Å². The van der Waals surface area contributed by atoms with E-state index in [9.17, 15) is 9.90 Å². The van der Waals surface area contributed by atoms with Crippen LogP contribution < -0.4 is 4.74 Å². The van der Waals surface area contributed by atoms with Gasteiger partial charge in [-0.2, -0.15) is 0 Å². The number of ketones is 1. The second kappa shape index (κ2) is 7.48. The van der Waals surface area contributed by atoms with E-state index in [2.05, 4.69) is 52.8 Å². The van der Waals surface area contributed by atoms with Crippen LogP contribution in [0.2, 0.25) is 0 Å². The fourth-order valence-electron chi connectivity index (χ4n) is 6.94. The van der Waals surface area contributed by atoms with Crippen molar-refractivity contribution >= 4 is 5.78 Å². The minimum atomic E-state index is -0.628. The van der Waals surface area contributed by atoms with Gasteiger partial charge in [-0.1, -0.05) is 44.1 Å². The first-order chi connectivity index (χ1) is 14.9. The monoisotopic (exact) mass is 438 g/mol. The minimum absolute atomic E-state index is 0.0445. The van der Waals surface area contributed by atoms with Crippen molar-refractivity contribution in [2.45, 2.75) is 84.8 Å². The third-order valence-corrected chi connectivity index (χ3v) is 8.72. The number of hydrogen-bond donors (Lipinski definition) is 1. The van der Waals surface area contributed by atoms with Gasteiger partial charge in [-0.3, -0.25) is 4.79 Å². The molecule has 0 radical (unpaired) electrons. The van der Waals surface area contributed by atoms with Crippen molar-refractivity contribution in [1.82, 2.24) is 0 Å². The van der Waals surface area contributed by atoms with Gasteiger partial charge in [0.2, 0.25) is 0 Å². The van der Waals surface area contributed by atoms with Crippen molar-refractivity contribution in [2.24, 2.45) is 16.7 Å². The molecule has 3 aliphatic rings. The van der Waals surface area contributed by atoms with Gasteiger partial charge < -0.3 is 14.6 Å². The zero-order valence-corrected chi connectivity index (χ0v) is 20.7. The highest BCUT2D eigenvalue weighted by atomic mass is 16.5. The standard InChI is InChI=1S/C28H38O4/c1-18(9-10-20-16-21(29)15-19(2)24(20)31-7)23-22(30)17-26(5)11-8-12-27(26,6)28(23)14-13-25(3,4)32-28/h9,13-16,23,29H,8,10-12,17H2,1-7H3/b18-9+/t23-,26-,27-,28+/m0/s1. The third kappa shape index (κ3) is 3.25. The number of benzene rings is 1. The summed E-state index contributed by atoms with van der Waals surface area (Å²) >= 11 is 0. The van der Waals surface area contributed by atoms with E-state index in [0.717, 1.165) is 41.7 Å². The van der Waals surface area contributed by atoms with E-state index in [1.807, 2.05) is 6.92 Å². The van der Waals surface area contributed by atoms with Gasteiger partial charge in [0.15, 0.2) is 0 Å². The number of phenolic OH excluding ortho intramolecular Hbond substituents is 1. The molecule has 0 unspecified atom stereocenters. The molecule has 0 saturated heterocycles. The first kappa shape index (κ1) is 23.1. The number of methoxy groups -OCH3 is 1. The number of aryl methyl sites for hydroxylation is 1. The summed E-state index contributed by atoms with van der Waals surface area (Å²) in [7, 11) is 1.65. The second-order valence-corrected chi connectivity index (χ2v) is 11.3. The van der Waals surface area contributed by atoms with Crippen LogP contribution in [0.15, 0.2) is 35.9 Å². The number of ether oxygens (including phenoxy) is 2. The van der Waals surface area contributed by atoms with Crippen molar-refractivity contribution in [1.29, 1.82) is 0 Å². The lowest BCUT2D eigenvalue weighted by Crippen LogP contribution is -2.64. The molecular weight excluding hydrogens is 400 g/mol. The number of rotatable bonds is 4. The maximum absolute atomic E-state index is 13.7. The van der Waals surface area contributed by atoms with Crippen LogP contribution in [0.1, 0.15) is 71.4 Å². The summed E-state index contributed by atoms with van der Waals surface area (Å²) in [5.41, 5.74) is 1.69. The molecule has 2 fully saturated rings. The van der Waals surface area contributed by atoms with Gasteiger partial charge >= 0.3 is 0 Å². The van der Waals surface area contributed by atoms with E-state index in [1.165, 1.54) is 0 Å². The maximum Gasteiger partial charge on any atom is 0.143 e. The highest BCUT2D eigenvalue weighted by molar-refractivity contribution is 5.88. The lowest BCUT2D eigenvalue weighted by atomic mass is 9.48. The molecule has 1 spiro atoms. The molecular formula is C28H38O4. The summed E-state index contributed by atoms with van der Waals surface area (Å²) in [5.74, 6) is 0.987. The number of fused-ring (bicyclic) bond motifs is 2. The molecule has 2 saturated carbocycles. The van der Waals surface area contributed by atoms with Gasteiger partial charge in [-0.25, -0.2) is 0 Å². The summed E-state index contributed by atoms with van der Waals surface area (Å²) in [6.45, 7) is 12.8. The number of allylic oxidation sites excluding steroid dienone is 1. The Kier molecular flexibility index (Phi) is 5.40. The molecule has 4 heteroatoms. The van der Waals surface area contributed by atoms with Crippen LogP contribution in [0.4, 0.5) is 0 Å². The lowest BCUT2D eigenvalue weighted by molar-refractivity contribution is -0.207. The Labute approximate surface area is 192 Å². The zero-order chi connectivity index (χ0) is 23.5. The third-order valence-electron chi connectivity index (χ3n) is 8.72. The highest BCUT2D eigenvalue weighted by Crippen LogP contribution is 2.69. The quantitative estimate of drug-likeness (QED) is 0.578. The lowest BCUT2D eigenvalue weighted by Gasteiger charge is -2.59. The zero-order valence-electron chi connectivity index (χ0n) is 20.7. The molecule has 174 valence electrons. The molecule has 32 heavy (non-hydrogen) atoms. The summed E-state index contributed by atoms with van der Waals surface area (Å²) in [6.07, 6.45) is 11.0. The molecule has 1 heterocycles. The Balaban J connectivity index is 1.77. The van der Waals surface area contributed by atoms with E-state index >= 15 is 0 Å². The first-order valence-electron chi connectivity index (χ1n) is 11.8. The van der Waals surface area contributed by atoms with Crippen LogP contribution in [0, 0.1) is 23.7 Å². The average Bonchev–Trinajstić information content (AvgIpc) is 3.17. The van der Waals surface area contributed by atoms with Crippen LogP contribution in [0.3, 0.4) is 0 Å². The molecule has 4 rings (SSSR count). The van der Waals surface area contributed by atoms with E-state index in [-0.39, 0.29) is 28.3 Å². The molecule has 1 aliphatic heterocycles. The minimum Gasteiger partial charge on any atom is -0.508 e. The summed E-state index contributed by atoms with van der Waals surface area (Å²) in [6, 6.07) is 3.46. The molecule has 4 nitrogen and oxygen atoms in total. The number of aromatic hydroxyl groups is 1. The predicted octanol–water partition coefficient (Wildman–Crippen LogP) is 6.09. The fourth-order valence-corrected chi connectivity index (χ4v) is 6.94. The van der Waals surface area contributed by atoms with Crippen molar-refractivity contribution in [3.05, 3.63) is 47.1 Å². The fraction of sp³-hybridized carbons (Fsp3) is 0.607. The van der Waals surface area contributed by atoms with Crippen LogP contribution in [-0.2, 0) is 16.0 Å². The molecule has 2 aliphatic carbocycles. The van der Waals surface area contributed by atoms with Crippen molar-refractivity contribution in [3.8, 4) is 11.5 Å². The van der Waals surface area contributed by atoms with Crippen molar-refractivity contribution in [2.75, 3.05) is 7.11 Å². The highest BCUT2D eigenvalue weighted by Gasteiger charge is 2.70. The SMILES string of the molecule is COc1c(C)cc(O)cc1C/C=C(\C)[C@H]1C(=O)C[C@]2(C)CCC[C@]2(C)[C@@]12C=CC(C)(C)O2. The molecule has 0 amide bonds. The van der Waals surface area contributed by atoms with Gasteiger partial charge in [0, 0.05) is 17.4 Å². The molecule has 1 N–H and O–H groups in total. The van der Waals surface area contributed by atoms with Crippen molar-refractivity contribution in [3.63, 3.8) is 0 Å². The number of Topliss-reactive ketones (excluding diaryl/α,β-unsaturated/α-hetero) is 1. The van der Waals surface area contributed by atoms with Crippen LogP contribution >= 0.6 is 0 Å². The van der Waals surface area contributed by atoms with E-state index in [0.29, 0.717) is 12.8 Å². The Morgan fingerprint density at radius 1 is 1.22 bits per heavy atom. The first-order valence-corrected chi connectivity index (χ1v) is 11.8. The number of carbonyl (C=O) groups excluding carboxylic acids is 1. The summed E-state index contributed by atoms with van der Waals surface area (Å²) in [5, 5.41) is 10.1. The molecule has 0 aromatic heterocycles. The Morgan fingerprint density at radius 2 is 1.94 bits per heavy atom. The maximum atomic E-state index is 13.7. The summed E-state index contributed by atoms with van der Waals surface area (Å²) in [4.78, 5) is 13.7. The van der Waals surface area contributed by atoms with Crippen LogP contribution in [0.25, 0.3) is 0 Å². The second-order valence-electron chi connectivity index (χ2n) is 11.3. The molecule has 0 bridgehead atoms. The van der Waals surface area contributed by atoms with Crippen molar-refractivity contribution < 1.29 is 19.4 Å². The average molecular weight is 439 g/mol. The molecule has 4 atom stereocenters. The molecule has 1 aromatic rings. The summed E-state index contributed by atoms with van der Waals surface area (Å²) < 4.78 is 12.5. The normalized spacial score (nSPS) is 36.0. The number of hydrogen-bond acceptors (Lipinski definition) is 4. The molecule has 1 aromatic carbocycles. The van der Waals surface area contributed by atoms with E-state index in [4.69, 9.17) is 9.47 Å². The van der Waals surface area contributed by atoms with Gasteiger partial charge in [-0.05, 0) is 70.1 Å². The van der Waals surface area contributed by atoms with Crippen LogP contribution in [-0.4, -0.2) is 29.2 Å². The Bertz CT molecular complexity index is 1000. The number of carbonyl (C=O) groups is 1. The van der Waals surface area contributed by atoms with E-state index < -0.39 is 11.2 Å².